The summed E-state index contributed by atoms with van der Waals surface area (Å²) in [6.07, 6.45) is 0. The molecule has 1 aromatic rings. The van der Waals surface area contributed by atoms with E-state index in [4.69, 9.17) is 16.0 Å². The van der Waals surface area contributed by atoms with E-state index in [9.17, 15) is 9.59 Å². The summed E-state index contributed by atoms with van der Waals surface area (Å²) in [7, 11) is 1.53. The zero-order valence-electron chi connectivity index (χ0n) is 10.9. The Bertz CT molecular complexity index is 448. The van der Waals surface area contributed by atoms with E-state index < -0.39 is 0 Å². The molecule has 0 radical (unpaired) electrons. The minimum atomic E-state index is -0.383. The summed E-state index contributed by atoms with van der Waals surface area (Å²) in [4.78, 5) is 24.8. The molecule has 100 valence electrons. The number of likely N-dealkylation sites (N-methyl/N-ethyl adjacent to an activating group) is 1. The van der Waals surface area contributed by atoms with Crippen LogP contribution in [0.3, 0.4) is 0 Å². The van der Waals surface area contributed by atoms with Gasteiger partial charge in [0, 0.05) is 12.6 Å². The quantitative estimate of drug-likeness (QED) is 0.914. The van der Waals surface area contributed by atoms with Crippen LogP contribution in [-0.4, -0.2) is 35.8 Å². The summed E-state index contributed by atoms with van der Waals surface area (Å²) < 4.78 is 4.99. The summed E-state index contributed by atoms with van der Waals surface area (Å²) in [5, 5.41) is 2.92. The second-order valence-electron chi connectivity index (χ2n) is 5.06. The van der Waals surface area contributed by atoms with E-state index >= 15 is 0 Å². The van der Waals surface area contributed by atoms with Crippen LogP contribution in [0.25, 0.3) is 0 Å². The molecule has 0 bridgehead atoms. The molecule has 0 aromatic carbocycles. The van der Waals surface area contributed by atoms with Crippen LogP contribution < -0.4 is 5.32 Å². The molecule has 0 aliphatic carbocycles. The fourth-order valence-electron chi connectivity index (χ4n) is 1.36. The van der Waals surface area contributed by atoms with Gasteiger partial charge in [-0.3, -0.25) is 9.59 Å². The Balaban J connectivity index is 2.58. The Hall–Kier alpha value is -1.49. The smallest absolute Gasteiger partial charge is 0.289 e. The normalized spacial score (nSPS) is 11.2. The van der Waals surface area contributed by atoms with Gasteiger partial charge in [0.25, 0.3) is 5.91 Å². The van der Waals surface area contributed by atoms with Gasteiger partial charge in [-0.2, -0.15) is 0 Å². The lowest BCUT2D eigenvalue weighted by atomic mass is 10.1. The molecule has 18 heavy (non-hydrogen) atoms. The van der Waals surface area contributed by atoms with Crippen molar-refractivity contribution in [2.24, 2.45) is 0 Å². The zero-order valence-corrected chi connectivity index (χ0v) is 11.7. The highest BCUT2D eigenvalue weighted by atomic mass is 35.5. The van der Waals surface area contributed by atoms with Crippen molar-refractivity contribution in [2.45, 2.75) is 26.3 Å². The molecule has 1 N–H and O–H groups in total. The van der Waals surface area contributed by atoms with E-state index in [0.717, 1.165) is 0 Å². The monoisotopic (exact) mass is 272 g/mol. The first-order valence-electron chi connectivity index (χ1n) is 5.51. The molecule has 6 heteroatoms. The van der Waals surface area contributed by atoms with Gasteiger partial charge in [-0.25, -0.2) is 0 Å². The fourth-order valence-corrected chi connectivity index (χ4v) is 1.51. The van der Waals surface area contributed by atoms with Gasteiger partial charge in [0.05, 0.1) is 6.54 Å². The predicted octanol–water partition coefficient (Wildman–Crippen LogP) is 1.92. The summed E-state index contributed by atoms with van der Waals surface area (Å²) in [5.41, 5.74) is -0.324. The molecule has 5 nitrogen and oxygen atoms in total. The molecule has 0 saturated carbocycles. The molecule has 0 aliphatic heterocycles. The number of nitrogens with zero attached hydrogens (tertiary/aromatic N) is 1. The van der Waals surface area contributed by atoms with Gasteiger partial charge in [0.15, 0.2) is 11.0 Å². The molecule has 0 unspecified atom stereocenters. The van der Waals surface area contributed by atoms with Crippen molar-refractivity contribution in [1.29, 1.82) is 0 Å². The van der Waals surface area contributed by atoms with Crippen LogP contribution >= 0.6 is 11.6 Å². The van der Waals surface area contributed by atoms with Gasteiger partial charge in [-0.15, -0.1) is 0 Å². The van der Waals surface area contributed by atoms with Crippen molar-refractivity contribution in [2.75, 3.05) is 13.6 Å². The van der Waals surface area contributed by atoms with E-state index in [-0.39, 0.29) is 34.9 Å². The number of hydrogen-bond acceptors (Lipinski definition) is 3. The van der Waals surface area contributed by atoms with Gasteiger partial charge < -0.3 is 14.6 Å². The second kappa shape index (κ2) is 5.44. The lowest BCUT2D eigenvalue weighted by Crippen LogP contribution is -2.46. The third-order valence-electron chi connectivity index (χ3n) is 2.03. The maximum absolute atomic E-state index is 11.9. The van der Waals surface area contributed by atoms with Crippen LogP contribution in [0.2, 0.25) is 5.22 Å². The van der Waals surface area contributed by atoms with Gasteiger partial charge in [0.1, 0.15) is 0 Å². The minimum absolute atomic E-state index is 0.0333. The summed E-state index contributed by atoms with van der Waals surface area (Å²) in [6.45, 7) is 5.59. The van der Waals surface area contributed by atoms with Gasteiger partial charge >= 0.3 is 0 Å². The first kappa shape index (κ1) is 14.6. The second-order valence-corrected chi connectivity index (χ2v) is 5.44. The number of furan rings is 1. The van der Waals surface area contributed by atoms with Crippen molar-refractivity contribution < 1.29 is 14.0 Å². The van der Waals surface area contributed by atoms with Gasteiger partial charge in [0.2, 0.25) is 5.91 Å². The fraction of sp³-hybridized carbons (Fsp3) is 0.500. The highest BCUT2D eigenvalue weighted by Crippen LogP contribution is 2.14. The van der Waals surface area contributed by atoms with E-state index in [1.54, 1.807) is 0 Å². The van der Waals surface area contributed by atoms with Crippen molar-refractivity contribution >= 4 is 23.4 Å². The number of carbonyl (C=O) groups excluding carboxylic acids is 2. The molecule has 0 aliphatic rings. The molecule has 0 saturated heterocycles. The first-order valence-corrected chi connectivity index (χ1v) is 5.88. The first-order chi connectivity index (χ1) is 8.19. The minimum Gasteiger partial charge on any atom is -0.440 e. The van der Waals surface area contributed by atoms with Crippen LogP contribution in [0.1, 0.15) is 31.3 Å². The van der Waals surface area contributed by atoms with E-state index in [1.165, 1.54) is 24.1 Å². The molecule has 1 rings (SSSR count). The average Bonchev–Trinajstić information content (AvgIpc) is 2.60. The molecule has 1 aromatic heterocycles. The van der Waals surface area contributed by atoms with Crippen LogP contribution in [0.15, 0.2) is 16.5 Å². The van der Waals surface area contributed by atoms with Crippen molar-refractivity contribution in [3.63, 3.8) is 0 Å². The Kier molecular flexibility index (Phi) is 4.40. The number of hydrogen-bond donors (Lipinski definition) is 1. The predicted molar refractivity (Wildman–Crippen MR) is 68.6 cm³/mol. The third-order valence-corrected chi connectivity index (χ3v) is 2.23. The van der Waals surface area contributed by atoms with Crippen molar-refractivity contribution in [3.8, 4) is 0 Å². The van der Waals surface area contributed by atoms with E-state index in [2.05, 4.69) is 5.32 Å². The SMILES string of the molecule is CN(CC(=O)NC(C)(C)C)C(=O)c1ccc(Cl)o1. The van der Waals surface area contributed by atoms with Crippen LogP contribution in [0.4, 0.5) is 0 Å². The number of halogens is 1. The Morgan fingerprint density at radius 2 is 2.00 bits per heavy atom. The molecule has 0 atom stereocenters. The molecule has 1 heterocycles. The van der Waals surface area contributed by atoms with E-state index in [1.807, 2.05) is 20.8 Å². The zero-order chi connectivity index (χ0) is 13.9. The Labute approximate surface area is 111 Å². The van der Waals surface area contributed by atoms with Crippen LogP contribution in [-0.2, 0) is 4.79 Å². The molecule has 0 fully saturated rings. The summed E-state index contributed by atoms with van der Waals surface area (Å²) >= 11 is 5.59. The van der Waals surface area contributed by atoms with Crippen molar-refractivity contribution in [1.82, 2.24) is 10.2 Å². The lowest BCUT2D eigenvalue weighted by molar-refractivity contribution is -0.122. The third kappa shape index (κ3) is 4.41. The molecular weight excluding hydrogens is 256 g/mol. The Morgan fingerprint density at radius 3 is 2.44 bits per heavy atom. The maximum Gasteiger partial charge on any atom is 0.289 e. The maximum atomic E-state index is 11.9. The van der Waals surface area contributed by atoms with Gasteiger partial charge in [-0.05, 0) is 44.5 Å². The summed E-state index contributed by atoms with van der Waals surface area (Å²) in [5.74, 6) is -0.493. The number of nitrogens with one attached hydrogen (secondary N) is 1. The highest BCUT2D eigenvalue weighted by Gasteiger charge is 2.20. The van der Waals surface area contributed by atoms with E-state index in [0.29, 0.717) is 0 Å². The van der Waals surface area contributed by atoms with Crippen LogP contribution in [0, 0.1) is 0 Å². The lowest BCUT2D eigenvalue weighted by Gasteiger charge is -2.23. The van der Waals surface area contributed by atoms with Crippen LogP contribution in [0.5, 0.6) is 0 Å². The standard InChI is InChI=1S/C12H17ClN2O3/c1-12(2,3)14-10(16)7-15(4)11(17)8-5-6-9(13)18-8/h5-6H,7H2,1-4H3,(H,14,16). The summed E-state index contributed by atoms with van der Waals surface area (Å²) in [6, 6.07) is 2.96. The van der Waals surface area contributed by atoms with Crippen molar-refractivity contribution in [3.05, 3.63) is 23.1 Å². The molecule has 2 amide bonds. The topological polar surface area (TPSA) is 62.6 Å². The van der Waals surface area contributed by atoms with Gasteiger partial charge in [-0.1, -0.05) is 0 Å². The molecule has 0 spiro atoms. The Morgan fingerprint density at radius 1 is 1.39 bits per heavy atom. The number of amides is 2. The largest absolute Gasteiger partial charge is 0.440 e. The average molecular weight is 273 g/mol. The number of carbonyl (C=O) groups is 2. The highest BCUT2D eigenvalue weighted by molar-refractivity contribution is 6.29. The molecular formula is C12H17ClN2O3. The number of rotatable bonds is 3.